The Balaban J connectivity index is 1.30. The molecule has 2 aliphatic rings. The maximum atomic E-state index is 13.4. The molecule has 1 aliphatic heterocycles. The summed E-state index contributed by atoms with van der Waals surface area (Å²) in [7, 11) is 1.96. The van der Waals surface area contributed by atoms with Gasteiger partial charge in [0.1, 0.15) is 12.4 Å². The van der Waals surface area contributed by atoms with Gasteiger partial charge in [0, 0.05) is 36.8 Å². The molecule has 0 radical (unpaired) electrons. The van der Waals surface area contributed by atoms with Crippen molar-refractivity contribution in [1.82, 2.24) is 19.2 Å². The van der Waals surface area contributed by atoms with E-state index in [1.165, 1.54) is 6.08 Å². The molecule has 0 bridgehead atoms. The number of amides is 1. The van der Waals surface area contributed by atoms with Crippen LogP contribution in [0.3, 0.4) is 0 Å². The number of allylic oxidation sites excluding steroid dienone is 3. The fraction of sp³-hybridized carbons (Fsp3) is 0.304. The van der Waals surface area contributed by atoms with Gasteiger partial charge in [-0.25, -0.2) is 4.39 Å². The second kappa shape index (κ2) is 7.48. The molecule has 1 aliphatic carbocycles. The molecule has 2 aromatic heterocycles. The first-order chi connectivity index (χ1) is 14.6. The molecule has 0 fully saturated rings. The van der Waals surface area contributed by atoms with Crippen LogP contribution in [-0.4, -0.2) is 38.3 Å². The summed E-state index contributed by atoms with van der Waals surface area (Å²) in [6, 6.07) is 9.81. The molecule has 0 N–H and O–H groups in total. The van der Waals surface area contributed by atoms with Crippen molar-refractivity contribution >= 4 is 16.8 Å². The number of hydrogen-bond acceptors (Lipinski definition) is 3. The Morgan fingerprint density at radius 2 is 2.13 bits per heavy atom. The second-order valence-electron chi connectivity index (χ2n) is 7.81. The van der Waals surface area contributed by atoms with E-state index in [1.54, 1.807) is 6.08 Å². The summed E-state index contributed by atoms with van der Waals surface area (Å²) >= 11 is 0. The first-order valence-electron chi connectivity index (χ1n) is 10.2. The number of fused-ring (bicyclic) bond motifs is 2. The van der Waals surface area contributed by atoms with Gasteiger partial charge in [0.2, 0.25) is 5.88 Å². The van der Waals surface area contributed by atoms with Gasteiger partial charge in [-0.15, -0.1) is 5.10 Å². The number of carbonyl (C=O) groups is 1. The van der Waals surface area contributed by atoms with Crippen LogP contribution in [0.15, 0.2) is 60.1 Å². The molecule has 0 spiro atoms. The van der Waals surface area contributed by atoms with Crippen molar-refractivity contribution in [2.45, 2.75) is 25.9 Å². The number of carbonyl (C=O) groups excluding carboxylic acids is 1. The minimum Gasteiger partial charge on any atom is -0.472 e. The van der Waals surface area contributed by atoms with E-state index in [9.17, 15) is 9.18 Å². The van der Waals surface area contributed by atoms with Crippen LogP contribution in [0, 0.1) is 0 Å². The first kappa shape index (κ1) is 18.7. The molecule has 154 valence electrons. The minimum absolute atomic E-state index is 0.0244. The van der Waals surface area contributed by atoms with E-state index in [-0.39, 0.29) is 11.7 Å². The zero-order valence-electron chi connectivity index (χ0n) is 16.8. The van der Waals surface area contributed by atoms with Crippen molar-refractivity contribution in [2.24, 2.45) is 7.05 Å². The average molecular weight is 406 g/mol. The number of rotatable bonds is 4. The predicted octanol–water partition coefficient (Wildman–Crippen LogP) is 3.98. The van der Waals surface area contributed by atoms with Gasteiger partial charge in [-0.1, -0.05) is 18.2 Å². The largest absolute Gasteiger partial charge is 0.472 e. The lowest BCUT2D eigenvalue weighted by atomic mass is 10.1. The van der Waals surface area contributed by atoms with Crippen LogP contribution < -0.4 is 4.74 Å². The minimum atomic E-state index is -0.202. The lowest BCUT2D eigenvalue weighted by Crippen LogP contribution is -2.38. The quantitative estimate of drug-likeness (QED) is 0.659. The van der Waals surface area contributed by atoms with E-state index in [4.69, 9.17) is 4.74 Å². The number of nitrogens with zero attached hydrogens (tertiary/aromatic N) is 4. The van der Waals surface area contributed by atoms with Gasteiger partial charge in [-0.3, -0.25) is 9.48 Å². The average Bonchev–Trinajstić information content (AvgIpc) is 3.32. The number of para-hydroxylation sites is 1. The Morgan fingerprint density at radius 3 is 3.00 bits per heavy atom. The molecule has 0 saturated carbocycles. The number of ether oxygens (including phenoxy) is 1. The van der Waals surface area contributed by atoms with E-state index in [0.717, 1.165) is 34.2 Å². The Labute approximate surface area is 173 Å². The standard InChI is InChI=1S/C23H23FN4O2/c1-26-14-20(19-7-2-3-8-21(19)26)23(29)27-9-10-28-18(13-27)12-22(25-28)30-15-16-5-4-6-17(24)11-16/h2-3,6-8,11-12,14H,4-5,9-10,13,15H2,1H3. The van der Waals surface area contributed by atoms with Crippen molar-refractivity contribution in [3.63, 3.8) is 0 Å². The Hall–Kier alpha value is -3.35. The number of halogens is 1. The topological polar surface area (TPSA) is 52.3 Å². The third-order valence-electron chi connectivity index (χ3n) is 5.74. The molecule has 30 heavy (non-hydrogen) atoms. The predicted molar refractivity (Wildman–Crippen MR) is 112 cm³/mol. The normalized spacial score (nSPS) is 16.3. The summed E-state index contributed by atoms with van der Waals surface area (Å²) in [6.45, 7) is 2.03. The summed E-state index contributed by atoms with van der Waals surface area (Å²) in [5.41, 5.74) is 3.63. The van der Waals surface area contributed by atoms with Crippen LogP contribution in [0.2, 0.25) is 0 Å². The van der Waals surface area contributed by atoms with Crippen LogP contribution in [0.1, 0.15) is 28.9 Å². The van der Waals surface area contributed by atoms with Gasteiger partial charge < -0.3 is 14.2 Å². The highest BCUT2D eigenvalue weighted by atomic mass is 19.1. The summed E-state index contributed by atoms with van der Waals surface area (Å²) in [4.78, 5) is 15.1. The molecule has 1 aromatic carbocycles. The zero-order chi connectivity index (χ0) is 20.7. The number of benzene rings is 1. The molecule has 6 nitrogen and oxygen atoms in total. The highest BCUT2D eigenvalue weighted by Crippen LogP contribution is 2.25. The summed E-state index contributed by atoms with van der Waals surface area (Å²) in [6.07, 6.45) is 6.52. The van der Waals surface area contributed by atoms with Crippen LogP contribution in [0.5, 0.6) is 5.88 Å². The molecule has 0 saturated heterocycles. The lowest BCUT2D eigenvalue weighted by molar-refractivity contribution is 0.0708. The molecule has 0 unspecified atom stereocenters. The molecule has 1 amide bonds. The van der Waals surface area contributed by atoms with Crippen molar-refractivity contribution in [2.75, 3.05) is 13.2 Å². The third kappa shape index (κ3) is 3.40. The number of aryl methyl sites for hydroxylation is 1. The molecule has 3 aromatic rings. The summed E-state index contributed by atoms with van der Waals surface area (Å²) < 4.78 is 23.0. The number of aromatic nitrogens is 3. The number of hydrogen-bond donors (Lipinski definition) is 0. The van der Waals surface area contributed by atoms with Crippen molar-refractivity contribution in [3.8, 4) is 5.88 Å². The molecule has 7 heteroatoms. The first-order valence-corrected chi connectivity index (χ1v) is 10.2. The Bertz CT molecular complexity index is 1190. The smallest absolute Gasteiger partial charge is 0.256 e. The van der Waals surface area contributed by atoms with Gasteiger partial charge in [0.25, 0.3) is 5.91 Å². The van der Waals surface area contributed by atoms with Gasteiger partial charge in [0.15, 0.2) is 0 Å². The molecular formula is C23H23FN4O2. The van der Waals surface area contributed by atoms with Crippen LogP contribution in [0.4, 0.5) is 4.39 Å². The van der Waals surface area contributed by atoms with Gasteiger partial charge in [-0.05, 0) is 36.6 Å². The van der Waals surface area contributed by atoms with Crippen molar-refractivity contribution in [3.05, 3.63) is 71.3 Å². The van der Waals surface area contributed by atoms with Crippen LogP contribution >= 0.6 is 0 Å². The summed E-state index contributed by atoms with van der Waals surface area (Å²) in [5.74, 6) is 0.336. The lowest BCUT2D eigenvalue weighted by Gasteiger charge is -2.27. The van der Waals surface area contributed by atoms with Crippen molar-refractivity contribution < 1.29 is 13.9 Å². The maximum absolute atomic E-state index is 13.4. The highest BCUT2D eigenvalue weighted by molar-refractivity contribution is 6.07. The van der Waals surface area contributed by atoms with Gasteiger partial charge in [-0.2, -0.15) is 0 Å². The second-order valence-corrected chi connectivity index (χ2v) is 7.81. The molecular weight excluding hydrogens is 383 g/mol. The molecule has 3 heterocycles. The van der Waals surface area contributed by atoms with E-state index >= 15 is 0 Å². The van der Waals surface area contributed by atoms with Crippen LogP contribution in [-0.2, 0) is 20.1 Å². The van der Waals surface area contributed by atoms with Crippen molar-refractivity contribution in [1.29, 1.82) is 0 Å². The zero-order valence-corrected chi connectivity index (χ0v) is 16.8. The Morgan fingerprint density at radius 1 is 1.27 bits per heavy atom. The highest BCUT2D eigenvalue weighted by Gasteiger charge is 2.26. The fourth-order valence-electron chi connectivity index (χ4n) is 4.17. The van der Waals surface area contributed by atoms with E-state index in [0.29, 0.717) is 38.5 Å². The molecule has 0 atom stereocenters. The van der Waals surface area contributed by atoms with E-state index < -0.39 is 0 Å². The fourth-order valence-corrected chi connectivity index (χ4v) is 4.17. The SMILES string of the molecule is Cn1cc(C(=O)N2CCn3nc(OCC4=CC(F)=CCC4)cc3C2)c2ccccc21. The summed E-state index contributed by atoms with van der Waals surface area (Å²) in [5, 5.41) is 5.46. The Kier molecular flexibility index (Phi) is 4.65. The van der Waals surface area contributed by atoms with Gasteiger partial charge >= 0.3 is 0 Å². The molecule has 5 rings (SSSR count). The maximum Gasteiger partial charge on any atom is 0.256 e. The van der Waals surface area contributed by atoms with E-state index in [2.05, 4.69) is 5.10 Å². The monoisotopic (exact) mass is 406 g/mol. The van der Waals surface area contributed by atoms with Gasteiger partial charge in [0.05, 0.1) is 24.3 Å². The third-order valence-corrected chi connectivity index (χ3v) is 5.74. The van der Waals surface area contributed by atoms with E-state index in [1.807, 2.05) is 57.7 Å². The van der Waals surface area contributed by atoms with Crippen LogP contribution in [0.25, 0.3) is 10.9 Å².